The number of alkyl carbamates (subject to hydrolysis) is 1. The molecule has 11 nitrogen and oxygen atoms in total. The van der Waals surface area contributed by atoms with E-state index in [9.17, 15) is 22.8 Å². The highest BCUT2D eigenvalue weighted by Gasteiger charge is 2.20. The van der Waals surface area contributed by atoms with Crippen LogP contribution in [0.2, 0.25) is 0 Å². The second-order valence-electron chi connectivity index (χ2n) is 5.46. The van der Waals surface area contributed by atoms with Crippen LogP contribution in [-0.2, 0) is 24.1 Å². The topological polar surface area (TPSA) is 152 Å². The van der Waals surface area contributed by atoms with E-state index in [1.165, 1.54) is 30.3 Å². The lowest BCUT2D eigenvalue weighted by Gasteiger charge is -2.15. The van der Waals surface area contributed by atoms with Crippen molar-refractivity contribution in [3.05, 3.63) is 48.5 Å². The monoisotopic (exact) mass is 434 g/mol. The van der Waals surface area contributed by atoms with E-state index in [0.717, 1.165) is 14.2 Å². The standard InChI is InChI=1S/C18H18N4O7S/c1-28-17(24)21-16(22-18(25)29-2)20-14-9-8-13(10-15(14)19-11-23)30(26,27)12-6-4-3-5-7-12/h3-11H,1-2H3,(H,19,23)(H2,20,21,22,24,25). The number of hydrogen-bond donors (Lipinski definition) is 3. The van der Waals surface area contributed by atoms with E-state index in [-0.39, 0.29) is 27.1 Å². The number of benzene rings is 2. The maximum absolute atomic E-state index is 12.8. The molecule has 0 atom stereocenters. The Labute approximate surface area is 172 Å². The number of guanidine groups is 1. The van der Waals surface area contributed by atoms with Crippen molar-refractivity contribution in [1.82, 2.24) is 5.32 Å². The number of methoxy groups -OCH3 is 2. The molecule has 0 radical (unpaired) electrons. The summed E-state index contributed by atoms with van der Waals surface area (Å²) in [6, 6.07) is 11.6. The van der Waals surface area contributed by atoms with Crippen LogP contribution in [0.1, 0.15) is 0 Å². The van der Waals surface area contributed by atoms with Gasteiger partial charge >= 0.3 is 12.2 Å². The molecule has 0 fully saturated rings. The van der Waals surface area contributed by atoms with Gasteiger partial charge in [-0.1, -0.05) is 18.2 Å². The number of hydrogen-bond acceptors (Lipinski definition) is 7. The van der Waals surface area contributed by atoms with E-state index in [2.05, 4.69) is 30.4 Å². The van der Waals surface area contributed by atoms with Gasteiger partial charge in [0.1, 0.15) is 0 Å². The number of rotatable bonds is 5. The van der Waals surface area contributed by atoms with Crippen LogP contribution in [0.3, 0.4) is 0 Å². The van der Waals surface area contributed by atoms with Crippen LogP contribution in [0.15, 0.2) is 63.3 Å². The summed E-state index contributed by atoms with van der Waals surface area (Å²) in [6.07, 6.45) is -1.62. The second kappa shape index (κ2) is 10.0. The summed E-state index contributed by atoms with van der Waals surface area (Å²) in [7, 11) is -1.66. The Bertz CT molecular complexity index is 1070. The molecule has 0 unspecified atom stereocenters. The molecule has 2 rings (SSSR count). The van der Waals surface area contributed by atoms with E-state index in [1.54, 1.807) is 18.2 Å². The third-order valence-corrected chi connectivity index (χ3v) is 5.37. The first-order valence-electron chi connectivity index (χ1n) is 8.24. The lowest BCUT2D eigenvalue weighted by molar-refractivity contribution is -0.105. The molecule has 0 saturated heterocycles. The Hall–Kier alpha value is -3.93. The van der Waals surface area contributed by atoms with E-state index < -0.39 is 22.0 Å². The largest absolute Gasteiger partial charge is 0.453 e. The lowest BCUT2D eigenvalue weighted by atomic mass is 10.2. The van der Waals surface area contributed by atoms with E-state index in [1.807, 2.05) is 0 Å². The van der Waals surface area contributed by atoms with Crippen molar-refractivity contribution in [1.29, 1.82) is 0 Å². The minimum Gasteiger partial charge on any atom is -0.453 e. The fourth-order valence-electron chi connectivity index (χ4n) is 2.22. The summed E-state index contributed by atoms with van der Waals surface area (Å²) in [4.78, 5) is 37.4. The summed E-state index contributed by atoms with van der Waals surface area (Å²) in [5, 5.41) is 7.12. The van der Waals surface area contributed by atoms with E-state index in [0.29, 0.717) is 6.41 Å². The second-order valence-corrected chi connectivity index (χ2v) is 7.41. The highest BCUT2D eigenvalue weighted by atomic mass is 32.2. The third-order valence-electron chi connectivity index (χ3n) is 3.61. The van der Waals surface area contributed by atoms with Gasteiger partial charge in [-0.3, -0.25) is 10.1 Å². The Morgan fingerprint density at radius 1 is 0.967 bits per heavy atom. The predicted octanol–water partition coefficient (Wildman–Crippen LogP) is 1.98. The molecule has 0 spiro atoms. The average Bonchev–Trinajstić information content (AvgIpc) is 2.75. The van der Waals surface area contributed by atoms with Crippen molar-refractivity contribution < 1.29 is 32.3 Å². The number of ether oxygens (including phenoxy) is 2. The quantitative estimate of drug-likeness (QED) is 0.367. The van der Waals surface area contributed by atoms with Crippen LogP contribution in [0.25, 0.3) is 0 Å². The zero-order valence-electron chi connectivity index (χ0n) is 15.9. The van der Waals surface area contributed by atoms with Crippen molar-refractivity contribution >= 4 is 45.8 Å². The molecule has 3 amide bonds. The fourth-order valence-corrected chi connectivity index (χ4v) is 3.53. The molecular formula is C18H18N4O7S. The van der Waals surface area contributed by atoms with E-state index in [4.69, 9.17) is 0 Å². The van der Waals surface area contributed by atoms with Crippen LogP contribution < -0.4 is 16.0 Å². The van der Waals surface area contributed by atoms with Crippen molar-refractivity contribution in [2.45, 2.75) is 9.79 Å². The van der Waals surface area contributed by atoms with Gasteiger partial charge in [0.25, 0.3) is 0 Å². The predicted molar refractivity (Wildman–Crippen MR) is 107 cm³/mol. The smallest absolute Gasteiger partial charge is 0.436 e. The first kappa shape index (κ1) is 22.4. The molecule has 3 N–H and O–H groups in total. The molecule has 0 aliphatic rings. The molecule has 0 aliphatic carbocycles. The van der Waals surface area contributed by atoms with Crippen molar-refractivity contribution in [3.8, 4) is 0 Å². The Morgan fingerprint density at radius 3 is 2.27 bits per heavy atom. The fraction of sp³-hybridized carbons (Fsp3) is 0.111. The van der Waals surface area contributed by atoms with Crippen LogP contribution in [0.4, 0.5) is 21.0 Å². The Kier molecular flexibility index (Phi) is 7.47. The molecule has 0 aromatic heterocycles. The summed E-state index contributed by atoms with van der Waals surface area (Å²) in [6.45, 7) is 0. The summed E-state index contributed by atoms with van der Waals surface area (Å²) < 4.78 is 34.5. The minimum atomic E-state index is -3.85. The molecule has 0 bridgehead atoms. The van der Waals surface area contributed by atoms with Gasteiger partial charge in [-0.25, -0.2) is 18.0 Å². The first-order chi connectivity index (χ1) is 14.3. The number of amides is 3. The zero-order chi connectivity index (χ0) is 22.1. The summed E-state index contributed by atoms with van der Waals surface area (Å²) in [5.41, 5.74) is 0.180. The highest BCUT2D eigenvalue weighted by Crippen LogP contribution is 2.28. The molecule has 0 saturated carbocycles. The maximum Gasteiger partial charge on any atom is 0.436 e. The number of aliphatic imine (C=N–C) groups is 1. The molecule has 0 aliphatic heterocycles. The summed E-state index contributed by atoms with van der Waals surface area (Å²) in [5.74, 6) is -0.374. The SMILES string of the molecule is COC(=O)/N=C(/NC(=O)OC)Nc1ccc(S(=O)(=O)c2ccccc2)cc1NC=O. The van der Waals surface area contributed by atoms with Gasteiger partial charge in [-0.15, -0.1) is 4.99 Å². The molecular weight excluding hydrogens is 416 g/mol. The molecule has 2 aromatic carbocycles. The first-order valence-corrected chi connectivity index (χ1v) is 9.73. The van der Waals surface area contributed by atoms with Crippen LogP contribution >= 0.6 is 0 Å². The Balaban J connectivity index is 2.45. The summed E-state index contributed by atoms with van der Waals surface area (Å²) >= 11 is 0. The number of carbonyl (C=O) groups is 3. The van der Waals surface area contributed by atoms with Gasteiger partial charge in [-0.2, -0.15) is 0 Å². The molecule has 158 valence electrons. The highest BCUT2D eigenvalue weighted by molar-refractivity contribution is 7.91. The number of carbonyl (C=O) groups excluding carboxylic acids is 3. The molecule has 0 heterocycles. The van der Waals surface area contributed by atoms with Gasteiger partial charge in [-0.05, 0) is 30.3 Å². The van der Waals surface area contributed by atoms with Gasteiger partial charge in [0.15, 0.2) is 0 Å². The number of anilines is 2. The maximum atomic E-state index is 12.8. The van der Waals surface area contributed by atoms with Crippen molar-refractivity contribution in [2.24, 2.45) is 4.99 Å². The lowest BCUT2D eigenvalue weighted by Crippen LogP contribution is -2.36. The van der Waals surface area contributed by atoms with E-state index >= 15 is 0 Å². The van der Waals surface area contributed by atoms with Gasteiger partial charge in [0.05, 0.1) is 35.4 Å². The normalized spacial score (nSPS) is 11.2. The molecule has 2 aromatic rings. The van der Waals surface area contributed by atoms with Crippen LogP contribution in [0.5, 0.6) is 0 Å². The number of nitrogens with one attached hydrogen (secondary N) is 3. The van der Waals surface area contributed by atoms with Gasteiger partial charge in [0, 0.05) is 0 Å². The Morgan fingerprint density at radius 2 is 1.67 bits per heavy atom. The third kappa shape index (κ3) is 5.54. The van der Waals surface area contributed by atoms with Gasteiger partial charge < -0.3 is 20.1 Å². The molecule has 30 heavy (non-hydrogen) atoms. The minimum absolute atomic E-state index is 0.0474. The zero-order valence-corrected chi connectivity index (χ0v) is 16.7. The van der Waals surface area contributed by atoms with Crippen LogP contribution in [0, 0.1) is 0 Å². The average molecular weight is 434 g/mol. The number of sulfone groups is 1. The number of nitrogens with zero attached hydrogens (tertiary/aromatic N) is 1. The van der Waals surface area contributed by atoms with Gasteiger partial charge in [0.2, 0.25) is 22.2 Å². The van der Waals surface area contributed by atoms with Crippen molar-refractivity contribution in [3.63, 3.8) is 0 Å². The van der Waals surface area contributed by atoms with Crippen molar-refractivity contribution in [2.75, 3.05) is 24.9 Å². The molecule has 12 heteroatoms. The van der Waals surface area contributed by atoms with Crippen LogP contribution in [-0.4, -0.2) is 47.2 Å².